The van der Waals surface area contributed by atoms with Crippen LogP contribution in [0, 0.1) is 11.8 Å². The first kappa shape index (κ1) is 15.3. The molecule has 3 unspecified atom stereocenters. The molecule has 0 amide bonds. The summed E-state index contributed by atoms with van der Waals surface area (Å²) < 4.78 is 0. The Morgan fingerprint density at radius 1 is 1.15 bits per heavy atom. The maximum Gasteiger partial charge on any atom is 0.229 e. The zero-order chi connectivity index (χ0) is 14.5. The lowest BCUT2D eigenvalue weighted by atomic mass is 9.94. The summed E-state index contributed by atoms with van der Waals surface area (Å²) in [5.41, 5.74) is 0. The van der Waals surface area contributed by atoms with Gasteiger partial charge in [-0.15, -0.1) is 0 Å². The monoisotopic (exact) mass is 297 g/mol. The van der Waals surface area contributed by atoms with E-state index in [1.807, 2.05) is 0 Å². The summed E-state index contributed by atoms with van der Waals surface area (Å²) in [6.45, 7) is 7.49. The SMILES string of the molecule is CCCNc1nc(Cl)nc(NC2CCC(CC)C2C)n1. The molecule has 6 heteroatoms. The molecule has 1 heterocycles. The Bertz CT molecular complexity index is 440. The molecule has 20 heavy (non-hydrogen) atoms. The fourth-order valence-electron chi connectivity index (χ4n) is 2.92. The van der Waals surface area contributed by atoms with Gasteiger partial charge < -0.3 is 10.6 Å². The molecule has 1 aromatic heterocycles. The van der Waals surface area contributed by atoms with Gasteiger partial charge in [-0.05, 0) is 42.7 Å². The molecule has 0 aromatic carbocycles. The van der Waals surface area contributed by atoms with Gasteiger partial charge in [-0.3, -0.25) is 0 Å². The van der Waals surface area contributed by atoms with Gasteiger partial charge in [0.25, 0.3) is 0 Å². The van der Waals surface area contributed by atoms with Gasteiger partial charge in [0.1, 0.15) is 0 Å². The van der Waals surface area contributed by atoms with E-state index >= 15 is 0 Å². The lowest BCUT2D eigenvalue weighted by Crippen LogP contribution is -2.26. The Morgan fingerprint density at radius 3 is 2.55 bits per heavy atom. The normalized spacial score (nSPS) is 25.7. The first-order valence-electron chi connectivity index (χ1n) is 7.56. The van der Waals surface area contributed by atoms with Crippen molar-refractivity contribution in [2.75, 3.05) is 17.2 Å². The molecule has 0 radical (unpaired) electrons. The topological polar surface area (TPSA) is 62.7 Å². The molecule has 0 spiro atoms. The first-order chi connectivity index (χ1) is 9.63. The number of anilines is 2. The average Bonchev–Trinajstić information content (AvgIpc) is 2.77. The van der Waals surface area contributed by atoms with Gasteiger partial charge in [0.2, 0.25) is 17.2 Å². The lowest BCUT2D eigenvalue weighted by Gasteiger charge is -2.21. The van der Waals surface area contributed by atoms with Crippen molar-refractivity contribution in [1.29, 1.82) is 0 Å². The summed E-state index contributed by atoms with van der Waals surface area (Å²) in [4.78, 5) is 12.7. The van der Waals surface area contributed by atoms with Crippen LogP contribution >= 0.6 is 11.6 Å². The highest BCUT2D eigenvalue weighted by Crippen LogP contribution is 2.35. The largest absolute Gasteiger partial charge is 0.354 e. The van der Waals surface area contributed by atoms with Crippen LogP contribution in [-0.2, 0) is 0 Å². The minimum absolute atomic E-state index is 0.235. The minimum Gasteiger partial charge on any atom is -0.354 e. The van der Waals surface area contributed by atoms with E-state index in [1.54, 1.807) is 0 Å². The van der Waals surface area contributed by atoms with Crippen molar-refractivity contribution in [2.45, 2.75) is 52.5 Å². The van der Waals surface area contributed by atoms with Crippen LogP contribution in [0.15, 0.2) is 0 Å². The van der Waals surface area contributed by atoms with Crippen LogP contribution in [0.2, 0.25) is 5.28 Å². The van der Waals surface area contributed by atoms with Crippen LogP contribution in [0.4, 0.5) is 11.9 Å². The van der Waals surface area contributed by atoms with Crippen LogP contribution in [-0.4, -0.2) is 27.5 Å². The molecular formula is C14H24ClN5. The lowest BCUT2D eigenvalue weighted by molar-refractivity contribution is 0.391. The number of rotatable bonds is 6. The Labute approximate surface area is 126 Å². The van der Waals surface area contributed by atoms with Crippen molar-refractivity contribution < 1.29 is 0 Å². The number of halogens is 1. The van der Waals surface area contributed by atoms with E-state index in [0.717, 1.165) is 18.9 Å². The molecule has 2 rings (SSSR count). The second kappa shape index (κ2) is 7.07. The van der Waals surface area contributed by atoms with E-state index in [9.17, 15) is 0 Å². The second-order valence-corrected chi connectivity index (χ2v) is 5.87. The van der Waals surface area contributed by atoms with Crippen LogP contribution < -0.4 is 10.6 Å². The number of hydrogen-bond donors (Lipinski definition) is 2. The van der Waals surface area contributed by atoms with Crippen LogP contribution in [0.25, 0.3) is 0 Å². The van der Waals surface area contributed by atoms with Crippen LogP contribution in [0.5, 0.6) is 0 Å². The van der Waals surface area contributed by atoms with E-state index < -0.39 is 0 Å². The molecule has 1 saturated carbocycles. The van der Waals surface area contributed by atoms with Gasteiger partial charge >= 0.3 is 0 Å². The summed E-state index contributed by atoms with van der Waals surface area (Å²) in [5, 5.41) is 6.81. The van der Waals surface area contributed by atoms with Crippen molar-refractivity contribution in [3.05, 3.63) is 5.28 Å². The van der Waals surface area contributed by atoms with Gasteiger partial charge in [-0.1, -0.05) is 27.2 Å². The van der Waals surface area contributed by atoms with Crippen molar-refractivity contribution in [3.8, 4) is 0 Å². The maximum absolute atomic E-state index is 5.96. The van der Waals surface area contributed by atoms with E-state index in [2.05, 4.69) is 46.4 Å². The molecule has 1 aliphatic rings. The van der Waals surface area contributed by atoms with Crippen molar-refractivity contribution in [1.82, 2.24) is 15.0 Å². The molecule has 3 atom stereocenters. The molecule has 5 nitrogen and oxygen atoms in total. The zero-order valence-corrected chi connectivity index (χ0v) is 13.2. The summed E-state index contributed by atoms with van der Waals surface area (Å²) in [6, 6.07) is 0.428. The number of hydrogen-bond acceptors (Lipinski definition) is 5. The van der Waals surface area contributed by atoms with E-state index in [-0.39, 0.29) is 5.28 Å². The third-order valence-electron chi connectivity index (χ3n) is 4.21. The minimum atomic E-state index is 0.235. The fourth-order valence-corrected chi connectivity index (χ4v) is 3.08. The van der Waals surface area contributed by atoms with Crippen molar-refractivity contribution in [3.63, 3.8) is 0 Å². The highest BCUT2D eigenvalue weighted by atomic mass is 35.5. The van der Waals surface area contributed by atoms with E-state index in [0.29, 0.717) is 23.9 Å². The van der Waals surface area contributed by atoms with Crippen LogP contribution in [0.1, 0.15) is 46.5 Å². The number of aromatic nitrogens is 3. The van der Waals surface area contributed by atoms with Gasteiger partial charge in [0.15, 0.2) is 0 Å². The molecule has 0 saturated heterocycles. The van der Waals surface area contributed by atoms with Gasteiger partial charge in [-0.2, -0.15) is 15.0 Å². The molecule has 112 valence electrons. The second-order valence-electron chi connectivity index (χ2n) is 5.53. The smallest absolute Gasteiger partial charge is 0.229 e. The summed E-state index contributed by atoms with van der Waals surface area (Å²) in [5.74, 6) is 2.56. The number of nitrogens with zero attached hydrogens (tertiary/aromatic N) is 3. The first-order valence-corrected chi connectivity index (χ1v) is 7.93. The Balaban J connectivity index is 2.03. The number of nitrogens with one attached hydrogen (secondary N) is 2. The van der Waals surface area contributed by atoms with Crippen molar-refractivity contribution in [2.24, 2.45) is 11.8 Å². The quantitative estimate of drug-likeness (QED) is 0.840. The third kappa shape index (κ3) is 3.72. The Kier molecular flexibility index (Phi) is 5.40. The molecule has 2 N–H and O–H groups in total. The third-order valence-corrected chi connectivity index (χ3v) is 4.38. The molecule has 1 aliphatic carbocycles. The molecule has 1 fully saturated rings. The van der Waals surface area contributed by atoms with Gasteiger partial charge in [-0.25, -0.2) is 0 Å². The summed E-state index contributed by atoms with van der Waals surface area (Å²) in [7, 11) is 0. The Morgan fingerprint density at radius 2 is 1.90 bits per heavy atom. The maximum atomic E-state index is 5.96. The fraction of sp³-hybridized carbons (Fsp3) is 0.786. The molecule has 1 aromatic rings. The Hall–Kier alpha value is -1.10. The molecule has 0 bridgehead atoms. The van der Waals surface area contributed by atoms with Crippen LogP contribution in [0.3, 0.4) is 0 Å². The predicted octanol–water partition coefficient (Wildman–Crippen LogP) is 3.58. The molecular weight excluding hydrogens is 274 g/mol. The van der Waals surface area contributed by atoms with E-state index in [4.69, 9.17) is 11.6 Å². The van der Waals surface area contributed by atoms with Crippen molar-refractivity contribution >= 4 is 23.5 Å². The zero-order valence-electron chi connectivity index (χ0n) is 12.5. The summed E-state index contributed by atoms with van der Waals surface area (Å²) in [6.07, 6.45) is 4.69. The highest BCUT2D eigenvalue weighted by molar-refractivity contribution is 6.28. The molecule has 0 aliphatic heterocycles. The van der Waals surface area contributed by atoms with Gasteiger partial charge in [0, 0.05) is 12.6 Å². The highest BCUT2D eigenvalue weighted by Gasteiger charge is 2.31. The summed E-state index contributed by atoms with van der Waals surface area (Å²) >= 11 is 5.96. The van der Waals surface area contributed by atoms with Gasteiger partial charge in [0.05, 0.1) is 0 Å². The average molecular weight is 298 g/mol. The predicted molar refractivity (Wildman–Crippen MR) is 83.2 cm³/mol. The standard InChI is InChI=1S/C14H24ClN5/c1-4-8-16-13-18-12(15)19-14(20-13)17-11-7-6-10(5-2)9(11)3/h9-11H,4-8H2,1-3H3,(H2,16,17,18,19,20). The van der Waals surface area contributed by atoms with E-state index in [1.165, 1.54) is 19.3 Å².